The number of rotatable bonds is 3. The van der Waals surface area contributed by atoms with Crippen LogP contribution in [0.15, 0.2) is 22.7 Å². The molecule has 0 spiro atoms. The Hall–Kier alpha value is -0.340. The lowest BCUT2D eigenvalue weighted by Gasteiger charge is -2.24. The van der Waals surface area contributed by atoms with E-state index in [2.05, 4.69) is 15.9 Å². The lowest BCUT2D eigenvalue weighted by molar-refractivity contribution is 0.0936. The maximum absolute atomic E-state index is 11.8. The Balaban J connectivity index is 2.07. The van der Waals surface area contributed by atoms with Gasteiger partial charge in [-0.3, -0.25) is 4.79 Å². The van der Waals surface area contributed by atoms with Gasteiger partial charge in [0.25, 0.3) is 0 Å². The second-order valence-electron chi connectivity index (χ2n) is 4.05. The van der Waals surface area contributed by atoms with E-state index in [1.54, 1.807) is 6.07 Å². The molecule has 1 nitrogen and oxygen atoms in total. The van der Waals surface area contributed by atoms with Gasteiger partial charge in [0.05, 0.1) is 5.02 Å². The van der Waals surface area contributed by atoms with Crippen molar-refractivity contribution < 1.29 is 4.79 Å². The molecule has 1 aliphatic carbocycles. The van der Waals surface area contributed by atoms with Crippen molar-refractivity contribution >= 4 is 33.3 Å². The van der Waals surface area contributed by atoms with Gasteiger partial charge in [0.2, 0.25) is 0 Å². The number of hydrogen-bond donors (Lipinski definition) is 0. The summed E-state index contributed by atoms with van der Waals surface area (Å²) >= 11 is 9.25. The molecule has 1 fully saturated rings. The van der Waals surface area contributed by atoms with E-state index < -0.39 is 0 Å². The molecule has 0 radical (unpaired) electrons. The van der Waals surface area contributed by atoms with Crippen molar-refractivity contribution in [3.63, 3.8) is 0 Å². The fourth-order valence-corrected chi connectivity index (χ4v) is 2.17. The maximum Gasteiger partial charge on any atom is 0.163 e. The normalized spacial score (nSPS) is 16.1. The van der Waals surface area contributed by atoms with E-state index in [0.717, 1.165) is 10.0 Å². The van der Waals surface area contributed by atoms with Crippen LogP contribution in [0.4, 0.5) is 0 Å². The van der Waals surface area contributed by atoms with Gasteiger partial charge in [-0.15, -0.1) is 0 Å². The lowest BCUT2D eigenvalue weighted by atomic mass is 9.81. The highest BCUT2D eigenvalue weighted by Gasteiger charge is 2.21. The molecule has 15 heavy (non-hydrogen) atoms. The van der Waals surface area contributed by atoms with Gasteiger partial charge in [0.1, 0.15) is 0 Å². The van der Waals surface area contributed by atoms with E-state index >= 15 is 0 Å². The van der Waals surface area contributed by atoms with E-state index in [4.69, 9.17) is 11.6 Å². The minimum atomic E-state index is 0.217. The summed E-state index contributed by atoms with van der Waals surface area (Å²) in [6.45, 7) is 0. The molecule has 1 aromatic carbocycles. The van der Waals surface area contributed by atoms with Crippen LogP contribution in [0.1, 0.15) is 36.0 Å². The Morgan fingerprint density at radius 3 is 2.73 bits per heavy atom. The van der Waals surface area contributed by atoms with Gasteiger partial charge in [-0.1, -0.05) is 36.9 Å². The summed E-state index contributed by atoms with van der Waals surface area (Å²) < 4.78 is 0.837. The first kappa shape index (κ1) is 11.2. The summed E-state index contributed by atoms with van der Waals surface area (Å²) in [6, 6.07) is 5.40. The zero-order valence-corrected chi connectivity index (χ0v) is 10.6. The molecule has 80 valence electrons. The molecule has 0 amide bonds. The van der Waals surface area contributed by atoms with Crippen molar-refractivity contribution in [2.75, 3.05) is 0 Å². The van der Waals surface area contributed by atoms with E-state index in [1.165, 1.54) is 19.3 Å². The topological polar surface area (TPSA) is 17.1 Å². The SMILES string of the molecule is O=C(CC1CCC1)c1ccc(Br)c(Cl)c1. The van der Waals surface area contributed by atoms with Gasteiger partial charge in [0.15, 0.2) is 5.78 Å². The highest BCUT2D eigenvalue weighted by atomic mass is 79.9. The number of benzene rings is 1. The second-order valence-corrected chi connectivity index (χ2v) is 5.31. The summed E-state index contributed by atoms with van der Waals surface area (Å²) in [5.41, 5.74) is 0.732. The zero-order valence-electron chi connectivity index (χ0n) is 8.30. The minimum absolute atomic E-state index is 0.217. The number of ketones is 1. The highest BCUT2D eigenvalue weighted by molar-refractivity contribution is 9.10. The van der Waals surface area contributed by atoms with Crippen molar-refractivity contribution in [1.29, 1.82) is 0 Å². The van der Waals surface area contributed by atoms with Gasteiger partial charge in [-0.25, -0.2) is 0 Å². The first-order chi connectivity index (χ1) is 7.16. The first-order valence-electron chi connectivity index (χ1n) is 5.15. The third-order valence-corrected chi connectivity index (χ3v) is 4.17. The number of Topliss-reactive ketones (excluding diaryl/α,β-unsaturated/α-hetero) is 1. The Morgan fingerprint density at radius 1 is 1.47 bits per heavy atom. The first-order valence-corrected chi connectivity index (χ1v) is 6.32. The van der Waals surface area contributed by atoms with Crippen molar-refractivity contribution in [3.8, 4) is 0 Å². The molecule has 1 saturated carbocycles. The van der Waals surface area contributed by atoms with E-state index in [1.807, 2.05) is 12.1 Å². The lowest BCUT2D eigenvalue weighted by Crippen LogP contribution is -2.15. The molecule has 0 saturated heterocycles. The van der Waals surface area contributed by atoms with Crippen LogP contribution in [-0.4, -0.2) is 5.78 Å². The standard InChI is InChI=1S/C12H12BrClO/c13-10-5-4-9(7-11(10)14)12(15)6-8-2-1-3-8/h4-5,7-8H,1-3,6H2. The predicted molar refractivity (Wildman–Crippen MR) is 65.4 cm³/mol. The molecular formula is C12H12BrClO. The fourth-order valence-electron chi connectivity index (χ4n) is 1.75. The van der Waals surface area contributed by atoms with Crippen molar-refractivity contribution in [3.05, 3.63) is 33.3 Å². The Kier molecular flexibility index (Phi) is 3.47. The summed E-state index contributed by atoms with van der Waals surface area (Å²) in [4.78, 5) is 11.8. The number of carbonyl (C=O) groups excluding carboxylic acids is 1. The minimum Gasteiger partial charge on any atom is -0.294 e. The quantitative estimate of drug-likeness (QED) is 0.749. The molecule has 0 aromatic heterocycles. The van der Waals surface area contributed by atoms with Crippen LogP contribution in [0, 0.1) is 5.92 Å². The molecule has 0 bridgehead atoms. The monoisotopic (exact) mass is 286 g/mol. The average Bonchev–Trinajstić information content (AvgIpc) is 2.15. The van der Waals surface area contributed by atoms with Crippen LogP contribution in [0.25, 0.3) is 0 Å². The Labute approximate surface area is 103 Å². The van der Waals surface area contributed by atoms with Crippen LogP contribution in [0.2, 0.25) is 5.02 Å². The van der Waals surface area contributed by atoms with Gasteiger partial charge < -0.3 is 0 Å². The fraction of sp³-hybridized carbons (Fsp3) is 0.417. The van der Waals surface area contributed by atoms with E-state index in [0.29, 0.717) is 17.4 Å². The maximum atomic E-state index is 11.8. The number of halogens is 2. The van der Waals surface area contributed by atoms with Crippen LogP contribution < -0.4 is 0 Å². The smallest absolute Gasteiger partial charge is 0.163 e. The summed E-state index contributed by atoms with van der Waals surface area (Å²) in [6.07, 6.45) is 4.36. The summed E-state index contributed by atoms with van der Waals surface area (Å²) in [5.74, 6) is 0.828. The number of carbonyl (C=O) groups is 1. The molecule has 0 N–H and O–H groups in total. The molecule has 0 aliphatic heterocycles. The van der Waals surface area contributed by atoms with Crippen molar-refractivity contribution in [1.82, 2.24) is 0 Å². The largest absolute Gasteiger partial charge is 0.294 e. The van der Waals surface area contributed by atoms with Crippen molar-refractivity contribution in [2.24, 2.45) is 5.92 Å². The second kappa shape index (κ2) is 4.67. The van der Waals surface area contributed by atoms with Gasteiger partial charge in [0, 0.05) is 16.5 Å². The molecule has 1 aliphatic rings. The average molecular weight is 288 g/mol. The third kappa shape index (κ3) is 2.61. The van der Waals surface area contributed by atoms with Gasteiger partial charge >= 0.3 is 0 Å². The molecule has 0 unspecified atom stereocenters. The van der Waals surface area contributed by atoms with Crippen LogP contribution in [-0.2, 0) is 0 Å². The highest BCUT2D eigenvalue weighted by Crippen LogP contribution is 2.31. The van der Waals surface area contributed by atoms with Crippen LogP contribution in [0.5, 0.6) is 0 Å². The van der Waals surface area contributed by atoms with Gasteiger partial charge in [-0.05, 0) is 34.0 Å². The molecule has 3 heteroatoms. The van der Waals surface area contributed by atoms with Crippen LogP contribution in [0.3, 0.4) is 0 Å². The summed E-state index contributed by atoms with van der Waals surface area (Å²) in [5, 5.41) is 0.606. The zero-order chi connectivity index (χ0) is 10.8. The Bertz CT molecular complexity index is 385. The van der Waals surface area contributed by atoms with Gasteiger partial charge in [-0.2, -0.15) is 0 Å². The Morgan fingerprint density at radius 2 is 2.20 bits per heavy atom. The molecular weight excluding hydrogens is 275 g/mol. The molecule has 1 aromatic rings. The third-order valence-electron chi connectivity index (χ3n) is 2.94. The van der Waals surface area contributed by atoms with E-state index in [9.17, 15) is 4.79 Å². The van der Waals surface area contributed by atoms with E-state index in [-0.39, 0.29) is 5.78 Å². The van der Waals surface area contributed by atoms with Crippen LogP contribution >= 0.6 is 27.5 Å². The molecule has 0 heterocycles. The summed E-state index contributed by atoms with van der Waals surface area (Å²) in [7, 11) is 0. The van der Waals surface area contributed by atoms with Crippen molar-refractivity contribution in [2.45, 2.75) is 25.7 Å². The number of hydrogen-bond acceptors (Lipinski definition) is 1. The molecule has 0 atom stereocenters. The predicted octanol–water partition coefficient (Wildman–Crippen LogP) is 4.48. The molecule has 2 rings (SSSR count).